The third kappa shape index (κ3) is 3.85. The van der Waals surface area contributed by atoms with Crippen LogP contribution >= 0.6 is 0 Å². The Kier molecular flexibility index (Phi) is 4.55. The Morgan fingerprint density at radius 2 is 2.19 bits per heavy atom. The van der Waals surface area contributed by atoms with Crippen LogP contribution in [0.4, 0.5) is 5.69 Å². The molecule has 1 aliphatic rings. The van der Waals surface area contributed by atoms with Crippen molar-refractivity contribution in [3.05, 3.63) is 48.3 Å². The molecule has 0 radical (unpaired) electrons. The SMILES string of the molecule is CCC1CC(Nc2cnn(Cc3ccccc3)c2)CCO1. The first-order valence-corrected chi connectivity index (χ1v) is 7.78. The maximum atomic E-state index is 5.72. The second kappa shape index (κ2) is 6.76. The smallest absolute Gasteiger partial charge is 0.0728 e. The topological polar surface area (TPSA) is 39.1 Å². The summed E-state index contributed by atoms with van der Waals surface area (Å²) in [6.45, 7) is 3.85. The van der Waals surface area contributed by atoms with Gasteiger partial charge < -0.3 is 10.1 Å². The summed E-state index contributed by atoms with van der Waals surface area (Å²) >= 11 is 0. The second-order valence-corrected chi connectivity index (χ2v) is 5.68. The van der Waals surface area contributed by atoms with Gasteiger partial charge in [0.05, 0.1) is 24.5 Å². The number of benzene rings is 1. The van der Waals surface area contributed by atoms with Crippen molar-refractivity contribution in [1.82, 2.24) is 9.78 Å². The van der Waals surface area contributed by atoms with E-state index in [9.17, 15) is 0 Å². The van der Waals surface area contributed by atoms with Crippen molar-refractivity contribution in [3.63, 3.8) is 0 Å². The van der Waals surface area contributed by atoms with Crippen molar-refractivity contribution in [3.8, 4) is 0 Å². The molecule has 2 unspecified atom stereocenters. The van der Waals surface area contributed by atoms with Crippen molar-refractivity contribution >= 4 is 5.69 Å². The minimum absolute atomic E-state index is 0.399. The molecule has 0 saturated carbocycles. The Morgan fingerprint density at radius 3 is 3.00 bits per heavy atom. The summed E-state index contributed by atoms with van der Waals surface area (Å²) in [7, 11) is 0. The third-order valence-corrected chi connectivity index (χ3v) is 4.01. The number of aromatic nitrogens is 2. The highest BCUT2D eigenvalue weighted by molar-refractivity contribution is 5.39. The summed E-state index contributed by atoms with van der Waals surface area (Å²) < 4.78 is 7.70. The Labute approximate surface area is 126 Å². The van der Waals surface area contributed by atoms with Crippen LogP contribution in [0.25, 0.3) is 0 Å². The summed E-state index contributed by atoms with van der Waals surface area (Å²) in [6.07, 6.45) is 7.64. The Morgan fingerprint density at radius 1 is 1.33 bits per heavy atom. The summed E-state index contributed by atoms with van der Waals surface area (Å²) in [5.41, 5.74) is 2.37. The van der Waals surface area contributed by atoms with Gasteiger partial charge in [-0.05, 0) is 24.8 Å². The van der Waals surface area contributed by atoms with Gasteiger partial charge in [-0.3, -0.25) is 4.68 Å². The van der Waals surface area contributed by atoms with E-state index in [4.69, 9.17) is 4.74 Å². The monoisotopic (exact) mass is 285 g/mol. The maximum Gasteiger partial charge on any atom is 0.0728 e. The molecule has 112 valence electrons. The van der Waals surface area contributed by atoms with Crippen molar-refractivity contribution < 1.29 is 4.74 Å². The number of anilines is 1. The molecule has 3 rings (SSSR count). The number of hydrogen-bond donors (Lipinski definition) is 1. The number of nitrogens with one attached hydrogen (secondary N) is 1. The molecule has 2 heterocycles. The van der Waals surface area contributed by atoms with E-state index in [0.29, 0.717) is 12.1 Å². The minimum atomic E-state index is 0.399. The molecule has 1 saturated heterocycles. The van der Waals surface area contributed by atoms with Gasteiger partial charge in [0.25, 0.3) is 0 Å². The molecule has 1 N–H and O–H groups in total. The summed E-state index contributed by atoms with van der Waals surface area (Å²) in [6, 6.07) is 10.9. The highest BCUT2D eigenvalue weighted by Crippen LogP contribution is 2.20. The molecule has 2 atom stereocenters. The van der Waals surface area contributed by atoms with E-state index in [2.05, 4.69) is 47.8 Å². The average molecular weight is 285 g/mol. The summed E-state index contributed by atoms with van der Waals surface area (Å²) in [5, 5.41) is 8.03. The van der Waals surface area contributed by atoms with E-state index in [0.717, 1.165) is 38.1 Å². The molecular weight excluding hydrogens is 262 g/mol. The quantitative estimate of drug-likeness (QED) is 0.916. The van der Waals surface area contributed by atoms with Crippen molar-refractivity contribution in [2.24, 2.45) is 0 Å². The third-order valence-electron chi connectivity index (χ3n) is 4.01. The van der Waals surface area contributed by atoms with Gasteiger partial charge in [-0.15, -0.1) is 0 Å². The fourth-order valence-corrected chi connectivity index (χ4v) is 2.83. The molecule has 2 aromatic rings. The zero-order valence-electron chi connectivity index (χ0n) is 12.5. The van der Waals surface area contributed by atoms with Crippen LogP contribution in [0.5, 0.6) is 0 Å². The van der Waals surface area contributed by atoms with Gasteiger partial charge in [0.2, 0.25) is 0 Å². The van der Waals surface area contributed by atoms with E-state index in [1.165, 1.54) is 5.56 Å². The van der Waals surface area contributed by atoms with Crippen molar-refractivity contribution in [2.45, 2.75) is 44.9 Å². The lowest BCUT2D eigenvalue weighted by atomic mass is 10.0. The first-order chi connectivity index (χ1) is 10.3. The maximum absolute atomic E-state index is 5.72. The van der Waals surface area contributed by atoms with Gasteiger partial charge in [-0.1, -0.05) is 37.3 Å². The van der Waals surface area contributed by atoms with Gasteiger partial charge in [-0.25, -0.2) is 0 Å². The van der Waals surface area contributed by atoms with E-state index in [1.54, 1.807) is 0 Å². The fourth-order valence-electron chi connectivity index (χ4n) is 2.83. The molecule has 1 aromatic heterocycles. The van der Waals surface area contributed by atoms with Crippen molar-refractivity contribution in [1.29, 1.82) is 0 Å². The van der Waals surface area contributed by atoms with E-state index in [1.807, 2.05) is 16.9 Å². The molecular formula is C17H23N3O. The first-order valence-electron chi connectivity index (χ1n) is 7.78. The molecule has 0 aliphatic carbocycles. The second-order valence-electron chi connectivity index (χ2n) is 5.68. The number of rotatable bonds is 5. The lowest BCUT2D eigenvalue weighted by molar-refractivity contribution is 0.00925. The average Bonchev–Trinajstić information content (AvgIpc) is 2.95. The summed E-state index contributed by atoms with van der Waals surface area (Å²) in [5.74, 6) is 0. The number of ether oxygens (including phenoxy) is 1. The molecule has 4 heteroatoms. The van der Waals surface area contributed by atoms with Gasteiger partial charge >= 0.3 is 0 Å². The Balaban J connectivity index is 1.57. The van der Waals surface area contributed by atoms with Gasteiger partial charge in [0.1, 0.15) is 0 Å². The zero-order chi connectivity index (χ0) is 14.5. The van der Waals surface area contributed by atoms with Crippen LogP contribution in [-0.4, -0.2) is 28.5 Å². The Bertz CT molecular complexity index is 552. The number of nitrogens with zero attached hydrogens (tertiary/aromatic N) is 2. The van der Waals surface area contributed by atoms with E-state index >= 15 is 0 Å². The Hall–Kier alpha value is -1.81. The first kappa shape index (κ1) is 14.1. The predicted molar refractivity (Wildman–Crippen MR) is 84.4 cm³/mol. The van der Waals surface area contributed by atoms with E-state index in [-0.39, 0.29) is 0 Å². The molecule has 1 fully saturated rings. The standard InChI is InChI=1S/C17H23N3O/c1-2-17-10-15(8-9-21-17)19-16-11-18-20(13-16)12-14-6-4-3-5-7-14/h3-7,11,13,15,17,19H,2,8-10,12H2,1H3. The minimum Gasteiger partial charge on any atom is -0.380 e. The van der Waals surface area contributed by atoms with Crippen LogP contribution in [0.3, 0.4) is 0 Å². The summed E-state index contributed by atoms with van der Waals surface area (Å²) in [4.78, 5) is 0. The fraction of sp³-hybridized carbons (Fsp3) is 0.471. The lowest BCUT2D eigenvalue weighted by Crippen LogP contribution is -2.33. The largest absolute Gasteiger partial charge is 0.380 e. The van der Waals surface area contributed by atoms with Crippen LogP contribution in [0.15, 0.2) is 42.7 Å². The van der Waals surface area contributed by atoms with Crippen LogP contribution in [0.2, 0.25) is 0 Å². The highest BCUT2D eigenvalue weighted by atomic mass is 16.5. The van der Waals surface area contributed by atoms with Crippen molar-refractivity contribution in [2.75, 3.05) is 11.9 Å². The highest BCUT2D eigenvalue weighted by Gasteiger charge is 2.21. The van der Waals surface area contributed by atoms with E-state index < -0.39 is 0 Å². The van der Waals surface area contributed by atoms with Gasteiger partial charge in [-0.2, -0.15) is 5.10 Å². The van der Waals surface area contributed by atoms with Crippen LogP contribution in [0.1, 0.15) is 31.7 Å². The molecule has 0 amide bonds. The van der Waals surface area contributed by atoms with Crippen LogP contribution < -0.4 is 5.32 Å². The normalized spacial score (nSPS) is 22.1. The zero-order valence-corrected chi connectivity index (χ0v) is 12.5. The molecule has 0 bridgehead atoms. The molecule has 1 aromatic carbocycles. The van der Waals surface area contributed by atoms with Gasteiger partial charge in [0.15, 0.2) is 0 Å². The number of hydrogen-bond acceptors (Lipinski definition) is 3. The lowest BCUT2D eigenvalue weighted by Gasteiger charge is -2.29. The molecule has 21 heavy (non-hydrogen) atoms. The predicted octanol–water partition coefficient (Wildman–Crippen LogP) is 3.30. The van der Waals surface area contributed by atoms with Crippen LogP contribution in [-0.2, 0) is 11.3 Å². The molecule has 0 spiro atoms. The molecule has 4 nitrogen and oxygen atoms in total. The molecule has 1 aliphatic heterocycles. The van der Waals surface area contributed by atoms with Gasteiger partial charge in [0, 0.05) is 18.8 Å². The van der Waals surface area contributed by atoms with Crippen LogP contribution in [0, 0.1) is 0 Å².